The first kappa shape index (κ1) is 10.2. The van der Waals surface area contributed by atoms with Gasteiger partial charge in [-0.15, -0.1) is 0 Å². The van der Waals surface area contributed by atoms with Crippen molar-refractivity contribution in [2.24, 2.45) is 5.16 Å². The highest BCUT2D eigenvalue weighted by Crippen LogP contribution is 1.98. The zero-order valence-corrected chi connectivity index (χ0v) is 7.12. The molecule has 0 fully saturated rings. The summed E-state index contributed by atoms with van der Waals surface area (Å²) in [5.74, 6) is 0. The van der Waals surface area contributed by atoms with Crippen molar-refractivity contribution in [1.29, 1.82) is 0 Å². The molecule has 0 N–H and O–H groups in total. The van der Waals surface area contributed by atoms with E-state index in [4.69, 9.17) is 0 Å². The third-order valence-electron chi connectivity index (χ3n) is 1.26. The summed E-state index contributed by atoms with van der Waals surface area (Å²) in [6, 6.07) is 0. The first-order valence-corrected chi connectivity index (χ1v) is 3.92. The second kappa shape index (κ2) is 9.21. The Balaban J connectivity index is 3.09. The van der Waals surface area contributed by atoms with Crippen LogP contribution in [0.1, 0.15) is 25.7 Å². The molecule has 0 spiro atoms. The van der Waals surface area contributed by atoms with Gasteiger partial charge in [-0.1, -0.05) is 31.0 Å². The lowest BCUT2D eigenvalue weighted by Gasteiger charge is -1.89. The van der Waals surface area contributed by atoms with Crippen LogP contribution in [0.4, 0.5) is 0 Å². The number of hydrogen-bond donors (Lipinski definition) is 0. The lowest BCUT2D eigenvalue weighted by molar-refractivity contribution is 0.215. The third-order valence-corrected chi connectivity index (χ3v) is 1.26. The van der Waals surface area contributed by atoms with Crippen LogP contribution in [0.3, 0.4) is 0 Å². The van der Waals surface area contributed by atoms with Crippen molar-refractivity contribution in [3.8, 4) is 0 Å². The van der Waals surface area contributed by atoms with Gasteiger partial charge in [0.2, 0.25) is 0 Å². The third kappa shape index (κ3) is 9.21. The second-order valence-electron chi connectivity index (χ2n) is 2.21. The van der Waals surface area contributed by atoms with Crippen LogP contribution in [0.5, 0.6) is 0 Å². The summed E-state index contributed by atoms with van der Waals surface area (Å²) >= 11 is 0. The van der Waals surface area contributed by atoms with Crippen LogP contribution in [0.2, 0.25) is 0 Å². The molecule has 0 aliphatic heterocycles. The molecule has 0 rings (SSSR count). The van der Waals surface area contributed by atoms with Crippen molar-refractivity contribution in [1.82, 2.24) is 0 Å². The van der Waals surface area contributed by atoms with Crippen molar-refractivity contribution in [3.05, 3.63) is 19.1 Å². The maximum absolute atomic E-state index is 4.48. The van der Waals surface area contributed by atoms with E-state index in [-0.39, 0.29) is 0 Å². The molecule has 0 aliphatic rings. The fraction of sp³-hybridized carbons (Fsp3) is 0.556. The normalized spacial score (nSPS) is 11.5. The monoisotopic (exact) mass is 154 g/mol. The molecule has 2 nitrogen and oxygen atoms in total. The van der Waals surface area contributed by atoms with Gasteiger partial charge in [0, 0.05) is 0 Å². The van der Waals surface area contributed by atoms with Crippen molar-refractivity contribution in [2.75, 3.05) is 7.11 Å². The van der Waals surface area contributed by atoms with Crippen LogP contribution in [0.25, 0.3) is 0 Å². The van der Waals surface area contributed by atoms with E-state index < -0.39 is 0 Å². The summed E-state index contributed by atoms with van der Waals surface area (Å²) in [5.41, 5.74) is 0. The van der Waals surface area contributed by atoms with Crippen molar-refractivity contribution < 1.29 is 4.84 Å². The van der Waals surface area contributed by atoms with E-state index in [0.717, 1.165) is 12.8 Å². The molecule has 0 atom stereocenters. The summed E-state index contributed by atoms with van der Waals surface area (Å²) in [6.07, 6.45) is 10.2. The second-order valence-corrected chi connectivity index (χ2v) is 2.21. The van der Waals surface area contributed by atoms with Gasteiger partial charge >= 0.3 is 0 Å². The summed E-state index contributed by atoms with van der Waals surface area (Å²) in [5, 5.41) is 3.57. The van der Waals surface area contributed by atoms with Crippen molar-refractivity contribution in [3.63, 3.8) is 0 Å². The molecule has 0 aromatic carbocycles. The molecular formula is C9H16NO. The molecule has 2 heteroatoms. The summed E-state index contributed by atoms with van der Waals surface area (Å²) in [6.45, 7) is 3.76. The number of nitrogens with zero attached hydrogens (tertiary/aromatic N) is 1. The Morgan fingerprint density at radius 2 is 2.27 bits per heavy atom. The van der Waals surface area contributed by atoms with Gasteiger partial charge in [0.15, 0.2) is 0 Å². The number of rotatable bonds is 6. The first-order chi connectivity index (χ1) is 5.41. The Kier molecular flexibility index (Phi) is 8.55. The van der Waals surface area contributed by atoms with Gasteiger partial charge in [-0.3, -0.25) is 0 Å². The Labute approximate surface area is 68.9 Å². The van der Waals surface area contributed by atoms with Gasteiger partial charge in [0.25, 0.3) is 0 Å². The van der Waals surface area contributed by atoms with Crippen LogP contribution < -0.4 is 0 Å². The number of hydrogen-bond acceptors (Lipinski definition) is 2. The first-order valence-electron chi connectivity index (χ1n) is 3.92. The Morgan fingerprint density at radius 1 is 1.45 bits per heavy atom. The van der Waals surface area contributed by atoms with Crippen LogP contribution in [0.15, 0.2) is 17.3 Å². The molecule has 1 radical (unpaired) electrons. The molecule has 0 unspecified atom stereocenters. The van der Waals surface area contributed by atoms with Gasteiger partial charge < -0.3 is 4.84 Å². The van der Waals surface area contributed by atoms with E-state index in [1.807, 2.05) is 6.08 Å². The average Bonchev–Trinajstić information content (AvgIpc) is 2.03. The Morgan fingerprint density at radius 3 is 2.91 bits per heavy atom. The minimum Gasteiger partial charge on any atom is -0.399 e. The molecule has 0 aliphatic carbocycles. The highest BCUT2D eigenvalue weighted by atomic mass is 16.6. The van der Waals surface area contributed by atoms with E-state index >= 15 is 0 Å². The molecule has 0 saturated carbocycles. The fourth-order valence-corrected chi connectivity index (χ4v) is 0.692. The maximum Gasteiger partial charge on any atom is 0.106 e. The van der Waals surface area contributed by atoms with Crippen LogP contribution in [-0.4, -0.2) is 13.3 Å². The highest BCUT2D eigenvalue weighted by molar-refractivity contribution is 5.70. The topological polar surface area (TPSA) is 21.6 Å². The molecule has 11 heavy (non-hydrogen) atoms. The number of allylic oxidation sites excluding steroid dienone is 2. The minimum absolute atomic E-state index is 1.03. The zero-order chi connectivity index (χ0) is 8.36. The van der Waals surface area contributed by atoms with E-state index in [0.29, 0.717) is 0 Å². The summed E-state index contributed by atoms with van der Waals surface area (Å²) < 4.78 is 0. The smallest absolute Gasteiger partial charge is 0.106 e. The zero-order valence-electron chi connectivity index (χ0n) is 7.12. The van der Waals surface area contributed by atoms with Crippen molar-refractivity contribution in [2.45, 2.75) is 25.7 Å². The van der Waals surface area contributed by atoms with E-state index in [2.05, 4.69) is 23.0 Å². The highest BCUT2D eigenvalue weighted by Gasteiger charge is 1.79. The SMILES string of the molecule is [CH2]CCCCC=CC=NOC. The molecule has 0 heterocycles. The fourth-order valence-electron chi connectivity index (χ4n) is 0.692. The van der Waals surface area contributed by atoms with Crippen LogP contribution >= 0.6 is 0 Å². The number of oxime groups is 1. The van der Waals surface area contributed by atoms with Gasteiger partial charge in [0.05, 0.1) is 6.21 Å². The predicted molar refractivity (Wildman–Crippen MR) is 48.5 cm³/mol. The van der Waals surface area contributed by atoms with E-state index in [1.54, 1.807) is 6.21 Å². The molecular weight excluding hydrogens is 138 g/mol. The van der Waals surface area contributed by atoms with Gasteiger partial charge in [-0.05, 0) is 18.9 Å². The molecule has 0 saturated heterocycles. The molecule has 63 valence electrons. The maximum atomic E-state index is 4.48. The quantitative estimate of drug-likeness (QED) is 0.327. The number of unbranched alkanes of at least 4 members (excludes halogenated alkanes) is 3. The summed E-state index contributed by atoms with van der Waals surface area (Å²) in [4.78, 5) is 4.48. The predicted octanol–water partition coefficient (Wildman–Crippen LogP) is 2.57. The standard InChI is InChI=1S/C9H16NO/c1-3-4-5-6-7-8-9-10-11-2/h7-9H,1,3-6H2,2H3. The van der Waals surface area contributed by atoms with Gasteiger partial charge in [-0.25, -0.2) is 0 Å². The minimum atomic E-state index is 1.03. The molecule has 0 amide bonds. The average molecular weight is 154 g/mol. The van der Waals surface area contributed by atoms with E-state index in [9.17, 15) is 0 Å². The molecule has 0 aromatic rings. The lowest BCUT2D eigenvalue weighted by Crippen LogP contribution is -1.72. The Bertz CT molecular complexity index is 119. The van der Waals surface area contributed by atoms with Gasteiger partial charge in [0.1, 0.15) is 7.11 Å². The van der Waals surface area contributed by atoms with E-state index in [1.165, 1.54) is 20.0 Å². The molecule has 0 bridgehead atoms. The largest absolute Gasteiger partial charge is 0.399 e. The lowest BCUT2D eigenvalue weighted by atomic mass is 10.2. The Hall–Kier alpha value is -0.790. The van der Waals surface area contributed by atoms with Crippen LogP contribution in [0, 0.1) is 6.92 Å². The van der Waals surface area contributed by atoms with Crippen LogP contribution in [-0.2, 0) is 4.84 Å². The van der Waals surface area contributed by atoms with Crippen molar-refractivity contribution >= 4 is 6.21 Å². The summed E-state index contributed by atoms with van der Waals surface area (Å²) in [7, 11) is 1.53. The molecule has 0 aromatic heterocycles. The van der Waals surface area contributed by atoms with Gasteiger partial charge in [-0.2, -0.15) is 0 Å².